The number of sulfonamides is 1. The number of amides is 1. The molecular formula is C25H32N2O6S. The summed E-state index contributed by atoms with van der Waals surface area (Å²) in [7, 11) is -3.54. The number of aryl methyl sites for hydroxylation is 1. The standard InChI is InChI=1S/C25H32N2O6S/c1-17-7-9-19-20(16-25(2,3)33-22(19)14-17)26-24(28)6-5-11-27(34(4,29)30)18-8-10-21-23(15-18)32-13-12-31-21/h7-10,14-15,20H,5-6,11-13,16H2,1-4H3,(H,26,28). The van der Waals surface area contributed by atoms with Crippen molar-refractivity contribution in [2.24, 2.45) is 0 Å². The molecule has 4 rings (SSSR count). The van der Waals surface area contributed by atoms with Gasteiger partial charge in [-0.1, -0.05) is 12.1 Å². The van der Waals surface area contributed by atoms with Crippen molar-refractivity contribution in [2.75, 3.05) is 30.3 Å². The molecule has 1 N–H and O–H groups in total. The van der Waals surface area contributed by atoms with Crippen LogP contribution in [0.3, 0.4) is 0 Å². The number of anilines is 1. The number of carbonyl (C=O) groups is 1. The minimum atomic E-state index is -3.54. The third-order valence-electron chi connectivity index (χ3n) is 5.94. The van der Waals surface area contributed by atoms with Crippen molar-refractivity contribution >= 4 is 21.6 Å². The van der Waals surface area contributed by atoms with Gasteiger partial charge >= 0.3 is 0 Å². The van der Waals surface area contributed by atoms with Crippen LogP contribution in [0.2, 0.25) is 0 Å². The quantitative estimate of drug-likeness (QED) is 0.638. The maximum absolute atomic E-state index is 12.8. The highest BCUT2D eigenvalue weighted by molar-refractivity contribution is 7.92. The van der Waals surface area contributed by atoms with Crippen LogP contribution in [-0.4, -0.2) is 45.9 Å². The molecule has 1 atom stereocenters. The van der Waals surface area contributed by atoms with Crippen LogP contribution < -0.4 is 23.8 Å². The summed E-state index contributed by atoms with van der Waals surface area (Å²) in [5, 5.41) is 3.12. The fourth-order valence-electron chi connectivity index (χ4n) is 4.41. The highest BCUT2D eigenvalue weighted by atomic mass is 32.2. The van der Waals surface area contributed by atoms with E-state index in [0.717, 1.165) is 23.1 Å². The Morgan fingerprint density at radius 2 is 1.82 bits per heavy atom. The smallest absolute Gasteiger partial charge is 0.232 e. The Kier molecular flexibility index (Phi) is 6.66. The highest BCUT2D eigenvalue weighted by Gasteiger charge is 2.34. The third kappa shape index (κ3) is 5.58. The predicted octanol–water partition coefficient (Wildman–Crippen LogP) is 3.73. The first-order valence-corrected chi connectivity index (χ1v) is 13.3. The van der Waals surface area contributed by atoms with Crippen LogP contribution in [0.5, 0.6) is 17.2 Å². The van der Waals surface area contributed by atoms with Gasteiger partial charge in [-0.15, -0.1) is 0 Å². The summed E-state index contributed by atoms with van der Waals surface area (Å²) in [5.41, 5.74) is 2.15. The molecule has 1 amide bonds. The zero-order valence-corrected chi connectivity index (χ0v) is 20.9. The Morgan fingerprint density at radius 3 is 2.56 bits per heavy atom. The number of hydrogen-bond acceptors (Lipinski definition) is 6. The predicted molar refractivity (Wildman–Crippen MR) is 130 cm³/mol. The topological polar surface area (TPSA) is 94.2 Å². The first-order chi connectivity index (χ1) is 16.0. The average Bonchev–Trinajstić information content (AvgIpc) is 2.74. The van der Waals surface area contributed by atoms with E-state index in [0.29, 0.717) is 43.2 Å². The van der Waals surface area contributed by atoms with Gasteiger partial charge in [-0.3, -0.25) is 9.10 Å². The summed E-state index contributed by atoms with van der Waals surface area (Å²) < 4.78 is 43.4. The van der Waals surface area contributed by atoms with E-state index in [1.807, 2.05) is 39.0 Å². The first-order valence-electron chi connectivity index (χ1n) is 11.5. The molecule has 0 spiro atoms. The van der Waals surface area contributed by atoms with E-state index >= 15 is 0 Å². The minimum absolute atomic E-state index is 0.121. The zero-order valence-electron chi connectivity index (χ0n) is 20.1. The summed E-state index contributed by atoms with van der Waals surface area (Å²) in [6, 6.07) is 10.9. The van der Waals surface area contributed by atoms with Crippen LogP contribution in [0.15, 0.2) is 36.4 Å². The summed E-state index contributed by atoms with van der Waals surface area (Å²) in [4.78, 5) is 12.8. The second-order valence-corrected chi connectivity index (χ2v) is 11.4. The lowest BCUT2D eigenvalue weighted by Gasteiger charge is -2.38. The Bertz CT molecular complexity index is 1180. The second-order valence-electron chi connectivity index (χ2n) is 9.49. The summed E-state index contributed by atoms with van der Waals surface area (Å²) in [5.74, 6) is 1.79. The molecule has 0 aliphatic carbocycles. The molecule has 1 unspecified atom stereocenters. The maximum atomic E-state index is 12.8. The van der Waals surface area contributed by atoms with E-state index in [9.17, 15) is 13.2 Å². The number of nitrogens with one attached hydrogen (secondary N) is 1. The summed E-state index contributed by atoms with van der Waals surface area (Å²) in [6.45, 7) is 7.09. The van der Waals surface area contributed by atoms with E-state index in [1.54, 1.807) is 18.2 Å². The molecule has 0 saturated heterocycles. The lowest BCUT2D eigenvalue weighted by atomic mass is 9.89. The number of benzene rings is 2. The van der Waals surface area contributed by atoms with Gasteiger partial charge in [-0.2, -0.15) is 0 Å². The molecule has 2 heterocycles. The van der Waals surface area contributed by atoms with Crippen molar-refractivity contribution in [3.05, 3.63) is 47.5 Å². The van der Waals surface area contributed by atoms with Crippen molar-refractivity contribution in [3.63, 3.8) is 0 Å². The average molecular weight is 489 g/mol. The fourth-order valence-corrected chi connectivity index (χ4v) is 5.37. The van der Waals surface area contributed by atoms with Crippen molar-refractivity contribution in [1.82, 2.24) is 5.32 Å². The van der Waals surface area contributed by atoms with E-state index in [4.69, 9.17) is 14.2 Å². The van der Waals surface area contributed by atoms with Gasteiger partial charge in [0.15, 0.2) is 11.5 Å². The van der Waals surface area contributed by atoms with Crippen LogP contribution in [0.1, 0.15) is 50.3 Å². The van der Waals surface area contributed by atoms with Gasteiger partial charge in [0, 0.05) is 31.0 Å². The molecule has 184 valence electrons. The van der Waals surface area contributed by atoms with Gasteiger partial charge in [0.05, 0.1) is 18.0 Å². The van der Waals surface area contributed by atoms with Crippen LogP contribution in [-0.2, 0) is 14.8 Å². The van der Waals surface area contributed by atoms with E-state index in [2.05, 4.69) is 5.32 Å². The van der Waals surface area contributed by atoms with E-state index in [-0.39, 0.29) is 24.9 Å². The van der Waals surface area contributed by atoms with Crippen LogP contribution in [0.25, 0.3) is 0 Å². The number of carbonyl (C=O) groups excluding carboxylic acids is 1. The number of ether oxygens (including phenoxy) is 3. The van der Waals surface area contributed by atoms with Gasteiger partial charge in [-0.25, -0.2) is 8.42 Å². The van der Waals surface area contributed by atoms with Gasteiger partial charge in [0.2, 0.25) is 15.9 Å². The molecule has 2 aromatic carbocycles. The molecule has 0 bridgehead atoms. The molecule has 0 aromatic heterocycles. The summed E-state index contributed by atoms with van der Waals surface area (Å²) >= 11 is 0. The molecule has 2 aliphatic rings. The zero-order chi connectivity index (χ0) is 24.5. The Balaban J connectivity index is 1.40. The molecule has 0 radical (unpaired) electrons. The van der Waals surface area contributed by atoms with E-state index in [1.165, 1.54) is 4.31 Å². The van der Waals surface area contributed by atoms with Crippen LogP contribution in [0.4, 0.5) is 5.69 Å². The van der Waals surface area contributed by atoms with Crippen molar-refractivity contribution in [3.8, 4) is 17.2 Å². The van der Waals surface area contributed by atoms with Gasteiger partial charge < -0.3 is 19.5 Å². The first kappa shape index (κ1) is 24.2. The van der Waals surface area contributed by atoms with Gasteiger partial charge in [-0.05, 0) is 51.0 Å². The minimum Gasteiger partial charge on any atom is -0.487 e. The van der Waals surface area contributed by atoms with Gasteiger partial charge in [0.1, 0.15) is 24.6 Å². The number of fused-ring (bicyclic) bond motifs is 2. The fraction of sp³-hybridized carbons (Fsp3) is 0.480. The second kappa shape index (κ2) is 9.37. The van der Waals surface area contributed by atoms with Crippen molar-refractivity contribution in [2.45, 2.75) is 51.7 Å². The number of rotatable bonds is 7. The number of nitrogens with zero attached hydrogens (tertiary/aromatic N) is 1. The molecule has 0 saturated carbocycles. The van der Waals surface area contributed by atoms with Gasteiger partial charge in [0.25, 0.3) is 0 Å². The number of hydrogen-bond donors (Lipinski definition) is 1. The Morgan fingerprint density at radius 1 is 1.09 bits per heavy atom. The monoisotopic (exact) mass is 488 g/mol. The Labute approximate surface area is 201 Å². The molecule has 0 fully saturated rings. The maximum Gasteiger partial charge on any atom is 0.232 e. The molecular weight excluding hydrogens is 456 g/mol. The lowest BCUT2D eigenvalue weighted by Crippen LogP contribution is -2.41. The largest absolute Gasteiger partial charge is 0.487 e. The van der Waals surface area contributed by atoms with Crippen molar-refractivity contribution < 1.29 is 27.4 Å². The lowest BCUT2D eigenvalue weighted by molar-refractivity contribution is -0.122. The van der Waals surface area contributed by atoms with Crippen molar-refractivity contribution in [1.29, 1.82) is 0 Å². The molecule has 34 heavy (non-hydrogen) atoms. The molecule has 2 aromatic rings. The van der Waals surface area contributed by atoms with Crippen LogP contribution >= 0.6 is 0 Å². The Hall–Kier alpha value is -2.94. The summed E-state index contributed by atoms with van der Waals surface area (Å²) in [6.07, 6.45) is 2.39. The van der Waals surface area contributed by atoms with Crippen LogP contribution in [0, 0.1) is 6.92 Å². The normalized spacial score (nSPS) is 18.4. The molecule has 2 aliphatic heterocycles. The SMILES string of the molecule is Cc1ccc2c(c1)OC(C)(C)CC2NC(=O)CCCN(c1ccc2c(c1)OCCO2)S(C)(=O)=O. The molecule has 8 nitrogen and oxygen atoms in total. The third-order valence-corrected chi connectivity index (χ3v) is 7.13. The van der Waals surface area contributed by atoms with E-state index < -0.39 is 15.6 Å². The molecule has 9 heteroatoms. The highest BCUT2D eigenvalue weighted by Crippen LogP contribution is 2.40.